The predicted octanol–water partition coefficient (Wildman–Crippen LogP) is 6.00. The van der Waals surface area contributed by atoms with Gasteiger partial charge in [0, 0.05) is 41.8 Å². The summed E-state index contributed by atoms with van der Waals surface area (Å²) in [6.45, 7) is 5.89. The number of likely N-dealkylation sites (N-methyl/N-ethyl adjacent to an activating group) is 1. The Morgan fingerprint density at radius 3 is 2.80 bits per heavy atom. The Hall–Kier alpha value is -3.80. The first kappa shape index (κ1) is 27.7. The third-order valence-corrected chi connectivity index (χ3v) is 11.0. The van der Waals surface area contributed by atoms with Gasteiger partial charge < -0.3 is 14.6 Å². The van der Waals surface area contributed by atoms with Crippen molar-refractivity contribution in [2.75, 3.05) is 20.1 Å². The maximum atomic E-state index is 17.0. The lowest BCUT2D eigenvalue weighted by molar-refractivity contribution is 0.119. The molecule has 5 aliphatic rings. The highest BCUT2D eigenvalue weighted by Crippen LogP contribution is 2.47. The van der Waals surface area contributed by atoms with Crippen LogP contribution >= 0.6 is 0 Å². The molecule has 6 atom stereocenters. The molecule has 226 valence electrons. The number of benzene rings is 2. The molecule has 9 rings (SSSR count). The monoisotopic (exact) mass is 591 g/mol. The minimum absolute atomic E-state index is 0.161. The van der Waals surface area contributed by atoms with Gasteiger partial charge in [0.15, 0.2) is 11.2 Å². The van der Waals surface area contributed by atoms with E-state index in [1.54, 1.807) is 6.07 Å². The van der Waals surface area contributed by atoms with Crippen LogP contribution in [0.2, 0.25) is 0 Å². The quantitative estimate of drug-likeness (QED) is 0.287. The van der Waals surface area contributed by atoms with Crippen molar-refractivity contribution >= 4 is 21.8 Å². The maximum Gasteiger partial charge on any atom is 0.227 e. The Labute approximate surface area is 256 Å². The van der Waals surface area contributed by atoms with Crippen LogP contribution in [0.3, 0.4) is 0 Å². The van der Waals surface area contributed by atoms with Crippen molar-refractivity contribution in [1.82, 2.24) is 19.8 Å². The molecule has 0 amide bonds. The Morgan fingerprint density at radius 2 is 2.07 bits per heavy atom. The van der Waals surface area contributed by atoms with E-state index in [0.29, 0.717) is 33.8 Å². The van der Waals surface area contributed by atoms with Gasteiger partial charge in [0.2, 0.25) is 5.88 Å². The van der Waals surface area contributed by atoms with Gasteiger partial charge in [0.1, 0.15) is 17.0 Å². The normalized spacial score (nSPS) is 26.8. The van der Waals surface area contributed by atoms with Crippen LogP contribution in [0.5, 0.6) is 5.88 Å². The van der Waals surface area contributed by atoms with Gasteiger partial charge >= 0.3 is 0 Å². The molecule has 7 nitrogen and oxygen atoms in total. The number of hydrogen-bond acceptors (Lipinski definition) is 6. The second-order valence-corrected chi connectivity index (χ2v) is 13.5. The number of likely N-dealkylation sites (tertiary alicyclic amines) is 1. The molecule has 0 radical (unpaired) electrons. The van der Waals surface area contributed by atoms with Gasteiger partial charge in [-0.25, -0.2) is 9.37 Å². The summed E-state index contributed by atoms with van der Waals surface area (Å²) in [6.07, 6.45) is 7.61. The number of pyridine rings is 2. The number of rotatable bonds is 5. The highest BCUT2D eigenvalue weighted by atomic mass is 19.1. The van der Waals surface area contributed by atoms with Crippen molar-refractivity contribution in [2.24, 2.45) is 5.92 Å². The molecule has 4 fully saturated rings. The zero-order chi connectivity index (χ0) is 30.3. The Balaban J connectivity index is 1.37. The molecule has 0 spiro atoms. The van der Waals surface area contributed by atoms with E-state index in [-0.39, 0.29) is 40.9 Å². The highest BCUT2D eigenvalue weighted by molar-refractivity contribution is 6.07. The molecular formula is C36H38FN5O2. The lowest BCUT2D eigenvalue weighted by atomic mass is 9.79. The van der Waals surface area contributed by atoms with Crippen molar-refractivity contribution in [3.8, 4) is 23.1 Å². The zero-order valence-corrected chi connectivity index (χ0v) is 25.6. The van der Waals surface area contributed by atoms with Crippen LogP contribution in [-0.4, -0.2) is 52.8 Å². The molecule has 1 saturated carbocycles. The van der Waals surface area contributed by atoms with Crippen molar-refractivity contribution < 1.29 is 9.13 Å². The third kappa shape index (κ3) is 4.13. The molecule has 2 aliphatic carbocycles. The van der Waals surface area contributed by atoms with Crippen molar-refractivity contribution in [2.45, 2.75) is 82.5 Å². The summed E-state index contributed by atoms with van der Waals surface area (Å²) in [5.74, 6) is 0.0843. The number of nitrogens with zero attached hydrogens (tertiary/aromatic N) is 4. The van der Waals surface area contributed by atoms with E-state index in [2.05, 4.69) is 34.0 Å². The number of nitrogens with one attached hydrogen (secondary N) is 1. The molecule has 5 heterocycles. The largest absolute Gasteiger partial charge is 0.472 e. The fourth-order valence-electron chi connectivity index (χ4n) is 8.68. The van der Waals surface area contributed by atoms with Gasteiger partial charge in [-0.1, -0.05) is 12.1 Å². The second kappa shape index (κ2) is 10.4. The van der Waals surface area contributed by atoms with Crippen LogP contribution < -0.4 is 15.5 Å². The van der Waals surface area contributed by atoms with Crippen LogP contribution in [0.1, 0.15) is 67.7 Å². The second-order valence-electron chi connectivity index (χ2n) is 13.5. The highest BCUT2D eigenvalue weighted by Gasteiger charge is 2.48. The number of aryl methyl sites for hydroxylation is 2. The van der Waals surface area contributed by atoms with Gasteiger partial charge in [-0.05, 0) is 106 Å². The Morgan fingerprint density at radius 1 is 1.20 bits per heavy atom. The maximum absolute atomic E-state index is 17.0. The lowest BCUT2D eigenvalue weighted by Crippen LogP contribution is -2.39. The average molecular weight is 592 g/mol. The fourth-order valence-corrected chi connectivity index (χ4v) is 8.68. The number of ether oxygens (including phenoxy) is 1. The molecule has 1 N–H and O–H groups in total. The SMILES string of the molecule is Cc1cc2c(nc(O[C@@H](C)[C@@H]3CCCN3C)c3c(=O)ccn([C@H]4[C@H]5CN[C@@H]4C5)c32)c(F)c1-c1ccc2c(c1)C(C#N)CCC2. The minimum atomic E-state index is -0.417. The third-order valence-electron chi connectivity index (χ3n) is 11.0. The van der Waals surface area contributed by atoms with Crippen LogP contribution in [0.25, 0.3) is 32.9 Å². The van der Waals surface area contributed by atoms with E-state index >= 15 is 4.39 Å². The van der Waals surface area contributed by atoms with E-state index in [0.717, 1.165) is 68.3 Å². The summed E-state index contributed by atoms with van der Waals surface area (Å²) in [6, 6.07) is 12.8. The fraction of sp³-hybridized carbons (Fsp3) is 0.472. The first-order valence-corrected chi connectivity index (χ1v) is 16.1. The van der Waals surface area contributed by atoms with Crippen molar-refractivity contribution in [1.29, 1.82) is 5.26 Å². The van der Waals surface area contributed by atoms with Crippen molar-refractivity contribution in [3.05, 3.63) is 69.3 Å². The van der Waals surface area contributed by atoms with E-state index in [1.165, 1.54) is 5.56 Å². The zero-order valence-electron chi connectivity index (χ0n) is 25.6. The van der Waals surface area contributed by atoms with Gasteiger partial charge in [-0.3, -0.25) is 9.69 Å². The smallest absolute Gasteiger partial charge is 0.227 e. The molecule has 3 saturated heterocycles. The van der Waals surface area contributed by atoms with Gasteiger partial charge in [-0.2, -0.15) is 5.26 Å². The summed E-state index contributed by atoms with van der Waals surface area (Å²) >= 11 is 0. The molecule has 1 unspecified atom stereocenters. The number of nitriles is 1. The first-order chi connectivity index (χ1) is 21.3. The molecule has 44 heavy (non-hydrogen) atoms. The van der Waals surface area contributed by atoms with E-state index in [9.17, 15) is 10.1 Å². The van der Waals surface area contributed by atoms with E-state index in [1.807, 2.05) is 38.2 Å². The number of fused-ring (bicyclic) bond motifs is 5. The number of aromatic nitrogens is 2. The van der Waals surface area contributed by atoms with Gasteiger partial charge in [-0.15, -0.1) is 0 Å². The van der Waals surface area contributed by atoms with Crippen LogP contribution in [0, 0.1) is 30.0 Å². The molecule has 2 aromatic heterocycles. The van der Waals surface area contributed by atoms with Crippen LogP contribution in [-0.2, 0) is 6.42 Å². The van der Waals surface area contributed by atoms with Gasteiger partial charge in [0.25, 0.3) is 0 Å². The summed E-state index contributed by atoms with van der Waals surface area (Å²) < 4.78 is 25.8. The molecule has 2 bridgehead atoms. The predicted molar refractivity (Wildman–Crippen MR) is 170 cm³/mol. The topological polar surface area (TPSA) is 83.2 Å². The minimum Gasteiger partial charge on any atom is -0.472 e. The van der Waals surface area contributed by atoms with Crippen molar-refractivity contribution in [3.63, 3.8) is 0 Å². The molecular weight excluding hydrogens is 553 g/mol. The molecule has 2 aromatic carbocycles. The molecule has 8 heteroatoms. The van der Waals surface area contributed by atoms with E-state index in [4.69, 9.17) is 9.72 Å². The summed E-state index contributed by atoms with van der Waals surface area (Å²) in [7, 11) is 2.10. The molecule has 4 aromatic rings. The Kier molecular flexibility index (Phi) is 6.55. The Bertz CT molecular complexity index is 1910. The average Bonchev–Trinajstić information content (AvgIpc) is 3.77. The molecule has 3 aliphatic heterocycles. The van der Waals surface area contributed by atoms with E-state index < -0.39 is 5.82 Å². The van der Waals surface area contributed by atoms with Crippen LogP contribution in [0.4, 0.5) is 4.39 Å². The van der Waals surface area contributed by atoms with Gasteiger partial charge in [0.05, 0.1) is 23.5 Å². The lowest BCUT2D eigenvalue weighted by Gasteiger charge is -2.37. The van der Waals surface area contributed by atoms with Crippen LogP contribution in [0.15, 0.2) is 41.3 Å². The number of halogens is 1. The summed E-state index contributed by atoms with van der Waals surface area (Å²) in [5.41, 5.74) is 4.94. The standard InChI is InChI=1S/C36H38FN5O2/c1-19-14-26-33(32(37)30(19)22-10-9-21-6-4-7-23(17-38)25(21)15-22)40-36(44-20(2)28-8-5-12-41(28)3)31-29(43)11-13-42(35(26)31)34-24-16-27(34)39-18-24/h9-11,13-15,20,23-24,27-28,34,39H,4-8,12,16,18H2,1-3H3/t20-,23?,24+,27+,28-,34-/m0/s1. The summed E-state index contributed by atoms with van der Waals surface area (Å²) in [4.78, 5) is 20.8. The number of hydrogen-bond donors (Lipinski definition) is 1. The summed E-state index contributed by atoms with van der Waals surface area (Å²) in [5, 5.41) is 14.5. The first-order valence-electron chi connectivity index (χ1n) is 16.1.